The van der Waals surface area contributed by atoms with Crippen LogP contribution < -0.4 is 5.32 Å². The first-order chi connectivity index (χ1) is 27.3. The average molecular weight is 775 g/mol. The maximum absolute atomic E-state index is 14.1. The molecule has 0 saturated carbocycles. The average Bonchev–Trinajstić information content (AvgIpc) is 3.80. The number of hydrogen-bond donors (Lipinski definition) is 3. The summed E-state index contributed by atoms with van der Waals surface area (Å²) >= 11 is 0. The fourth-order valence-corrected chi connectivity index (χ4v) is 7.62. The smallest absolute Gasteiger partial charge is 0.451 e. The zero-order valence-electron chi connectivity index (χ0n) is 31.0. The van der Waals surface area contributed by atoms with Gasteiger partial charge in [-0.2, -0.15) is 18.4 Å². The number of aliphatic hydroxyl groups excluding tert-OH is 1. The van der Waals surface area contributed by atoms with Gasteiger partial charge in [0, 0.05) is 37.1 Å². The van der Waals surface area contributed by atoms with Gasteiger partial charge >= 0.3 is 12.1 Å². The van der Waals surface area contributed by atoms with Gasteiger partial charge in [0.1, 0.15) is 17.1 Å². The predicted molar refractivity (Wildman–Crippen MR) is 206 cm³/mol. The second-order valence-corrected chi connectivity index (χ2v) is 14.5. The SMILES string of the molecule is Cc1c(Nc2nc(C(F)(F)F)nc3cc(CN4C=C[C@@H](O)C4)cnc23)cccc1-c1cccc(-c2nc3cc(CN4CCC(C(=O)O)CC4)cc(C#N)c3o2)c1C. The molecule has 0 spiro atoms. The molecule has 3 aromatic carbocycles. The number of β-amino-alcohol motifs (C(OH)–C–C–N with tert-alkyl or cyclic N) is 1. The first-order valence-electron chi connectivity index (χ1n) is 18.4. The molecule has 2 aliphatic heterocycles. The molecule has 1 saturated heterocycles. The summed E-state index contributed by atoms with van der Waals surface area (Å²) in [7, 11) is 0. The van der Waals surface area contributed by atoms with Gasteiger partial charge < -0.3 is 24.8 Å². The van der Waals surface area contributed by atoms with Crippen LogP contribution >= 0.6 is 0 Å². The molecule has 6 aromatic rings. The molecule has 15 heteroatoms. The number of carboxylic acid groups (broad SMARTS) is 1. The second-order valence-electron chi connectivity index (χ2n) is 14.5. The molecular formula is C42H37F3N8O4. The van der Waals surface area contributed by atoms with E-state index in [9.17, 15) is 33.4 Å². The summed E-state index contributed by atoms with van der Waals surface area (Å²) < 4.78 is 48.5. The maximum Gasteiger partial charge on any atom is 0.451 e. The van der Waals surface area contributed by atoms with Gasteiger partial charge in [0.2, 0.25) is 11.7 Å². The number of nitriles is 1. The van der Waals surface area contributed by atoms with Gasteiger partial charge in [0.05, 0.1) is 23.1 Å². The van der Waals surface area contributed by atoms with E-state index in [0.717, 1.165) is 27.8 Å². The molecule has 290 valence electrons. The van der Waals surface area contributed by atoms with Gasteiger partial charge in [-0.15, -0.1) is 0 Å². The van der Waals surface area contributed by atoms with Crippen LogP contribution in [0.15, 0.2) is 77.5 Å². The number of carboxylic acids is 1. The molecule has 57 heavy (non-hydrogen) atoms. The number of carbonyl (C=O) groups is 1. The molecule has 1 atom stereocenters. The zero-order valence-corrected chi connectivity index (χ0v) is 31.0. The normalized spacial score (nSPS) is 16.4. The Morgan fingerprint density at radius 2 is 1.68 bits per heavy atom. The number of fused-ring (bicyclic) bond motifs is 2. The Balaban J connectivity index is 1.09. The molecule has 0 radical (unpaired) electrons. The van der Waals surface area contributed by atoms with Crippen molar-refractivity contribution in [1.29, 1.82) is 5.26 Å². The van der Waals surface area contributed by atoms with Gasteiger partial charge in [-0.3, -0.25) is 14.7 Å². The van der Waals surface area contributed by atoms with Crippen LogP contribution in [0.4, 0.5) is 24.7 Å². The van der Waals surface area contributed by atoms with Crippen LogP contribution in [0.1, 0.15) is 46.5 Å². The van der Waals surface area contributed by atoms with Crippen LogP contribution in [-0.2, 0) is 24.1 Å². The highest BCUT2D eigenvalue weighted by atomic mass is 19.4. The lowest BCUT2D eigenvalue weighted by Gasteiger charge is -2.30. The van der Waals surface area contributed by atoms with E-state index in [1.54, 1.807) is 42.7 Å². The van der Waals surface area contributed by atoms with Crippen molar-refractivity contribution in [3.63, 3.8) is 0 Å². The number of nitrogens with zero attached hydrogens (tertiary/aromatic N) is 7. The number of pyridine rings is 1. The summed E-state index contributed by atoms with van der Waals surface area (Å²) in [4.78, 5) is 32.4. The number of nitrogens with one attached hydrogen (secondary N) is 1. The van der Waals surface area contributed by atoms with Crippen LogP contribution in [-0.4, -0.2) is 71.7 Å². The van der Waals surface area contributed by atoms with E-state index < -0.39 is 24.1 Å². The minimum atomic E-state index is -4.81. The molecule has 0 amide bonds. The van der Waals surface area contributed by atoms with Gasteiger partial charge in [-0.25, -0.2) is 15.0 Å². The Morgan fingerprint density at radius 1 is 0.965 bits per heavy atom. The monoisotopic (exact) mass is 774 g/mol. The molecule has 2 aliphatic rings. The summed E-state index contributed by atoms with van der Waals surface area (Å²) in [5.41, 5.74) is 7.44. The van der Waals surface area contributed by atoms with Crippen molar-refractivity contribution in [2.45, 2.75) is 52.1 Å². The van der Waals surface area contributed by atoms with Crippen molar-refractivity contribution in [3.8, 4) is 28.7 Å². The standard InChI is InChI=1S/C42H37F3N8O4/c1-23-30(5-3-7-32(23)39-49-35-16-25(15-28(18-46)37(35)57-39)20-52-12-9-27(10-13-52)40(55)56)31-6-4-8-33(24(31)2)48-38-36-34(50-41(51-38)42(43,44)45)17-26(19-47-36)21-53-14-11-29(54)22-53/h3-8,11,14-17,19,27,29,54H,9-10,12-13,20-22H2,1-2H3,(H,55,56)(H,48,50,51)/t29-/m1/s1. The van der Waals surface area contributed by atoms with Gasteiger partial charge in [0.25, 0.3) is 0 Å². The Labute approximate surface area is 324 Å². The van der Waals surface area contributed by atoms with E-state index in [4.69, 9.17) is 9.40 Å². The van der Waals surface area contributed by atoms with Crippen LogP contribution in [0.5, 0.6) is 0 Å². The lowest BCUT2D eigenvalue weighted by Crippen LogP contribution is -2.35. The third-order valence-electron chi connectivity index (χ3n) is 10.6. The molecule has 1 fully saturated rings. The minimum Gasteiger partial charge on any atom is -0.481 e. The summed E-state index contributed by atoms with van der Waals surface area (Å²) in [5.74, 6) is -2.16. The quantitative estimate of drug-likeness (QED) is 0.131. The number of rotatable bonds is 9. The number of aliphatic hydroxyl groups is 1. The van der Waals surface area contributed by atoms with Crippen LogP contribution in [0.25, 0.3) is 44.7 Å². The number of piperidine rings is 1. The third kappa shape index (κ3) is 7.61. The number of anilines is 2. The van der Waals surface area contributed by atoms with Gasteiger partial charge in [0.15, 0.2) is 11.4 Å². The van der Waals surface area contributed by atoms with Gasteiger partial charge in [-0.1, -0.05) is 24.3 Å². The van der Waals surface area contributed by atoms with E-state index in [-0.39, 0.29) is 22.8 Å². The zero-order chi connectivity index (χ0) is 40.0. The number of aromatic nitrogens is 4. The first kappa shape index (κ1) is 37.5. The van der Waals surface area contributed by atoms with Crippen molar-refractivity contribution >= 4 is 39.6 Å². The number of hydrogen-bond acceptors (Lipinski definition) is 11. The van der Waals surface area contributed by atoms with Crippen molar-refractivity contribution < 1.29 is 32.6 Å². The lowest BCUT2D eigenvalue weighted by molar-refractivity contribution is -0.145. The largest absolute Gasteiger partial charge is 0.481 e. The molecule has 5 heterocycles. The molecule has 3 N–H and O–H groups in total. The Hall–Kier alpha value is -6.37. The Kier molecular flexibility index (Phi) is 9.84. The lowest BCUT2D eigenvalue weighted by atomic mass is 9.93. The summed E-state index contributed by atoms with van der Waals surface area (Å²) in [6.45, 7) is 6.36. The van der Waals surface area contributed by atoms with E-state index in [1.165, 1.54) is 0 Å². The molecule has 12 nitrogen and oxygen atoms in total. The van der Waals surface area contributed by atoms with Crippen molar-refractivity contribution in [2.24, 2.45) is 5.92 Å². The maximum atomic E-state index is 14.1. The van der Waals surface area contributed by atoms with Crippen molar-refractivity contribution in [3.05, 3.63) is 107 Å². The predicted octanol–water partition coefficient (Wildman–Crippen LogP) is 7.74. The molecular weight excluding hydrogens is 738 g/mol. The highest BCUT2D eigenvalue weighted by Crippen LogP contribution is 2.38. The van der Waals surface area contributed by atoms with Crippen LogP contribution in [0.2, 0.25) is 0 Å². The van der Waals surface area contributed by atoms with E-state index in [2.05, 4.69) is 31.2 Å². The third-order valence-corrected chi connectivity index (χ3v) is 10.6. The topological polar surface area (TPSA) is 165 Å². The van der Waals surface area contributed by atoms with Crippen LogP contribution in [0, 0.1) is 31.1 Å². The van der Waals surface area contributed by atoms with E-state index in [0.29, 0.717) is 84.9 Å². The van der Waals surface area contributed by atoms with E-state index in [1.807, 2.05) is 49.1 Å². The highest BCUT2D eigenvalue weighted by Gasteiger charge is 2.36. The fraction of sp³-hybridized carbons (Fsp3) is 0.286. The number of aliphatic carboxylic acids is 1. The number of oxazole rings is 1. The fourth-order valence-electron chi connectivity index (χ4n) is 7.62. The van der Waals surface area contributed by atoms with Crippen molar-refractivity contribution in [1.82, 2.24) is 29.7 Å². The number of likely N-dealkylation sites (tertiary alicyclic amines) is 1. The Bertz CT molecular complexity index is 2610. The van der Waals surface area contributed by atoms with Crippen LogP contribution in [0.3, 0.4) is 0 Å². The Morgan fingerprint density at radius 3 is 2.39 bits per heavy atom. The summed E-state index contributed by atoms with van der Waals surface area (Å²) in [6.07, 6.45) is 0.682. The highest BCUT2D eigenvalue weighted by molar-refractivity contribution is 5.90. The molecule has 0 bridgehead atoms. The molecule has 3 aromatic heterocycles. The summed E-state index contributed by atoms with van der Waals surface area (Å²) in [6, 6.07) is 18.7. The van der Waals surface area contributed by atoms with E-state index >= 15 is 0 Å². The first-order valence-corrected chi connectivity index (χ1v) is 18.4. The molecule has 8 rings (SSSR count). The summed E-state index contributed by atoms with van der Waals surface area (Å²) in [5, 5.41) is 32.3. The molecule has 0 unspecified atom stereocenters. The van der Waals surface area contributed by atoms with Crippen molar-refractivity contribution in [2.75, 3.05) is 25.0 Å². The number of halogens is 3. The number of benzene rings is 3. The van der Waals surface area contributed by atoms with Gasteiger partial charge in [-0.05, 0) is 116 Å². The minimum absolute atomic E-state index is 0.0313. The number of alkyl halides is 3. The second kappa shape index (κ2) is 14.9. The molecule has 0 aliphatic carbocycles.